The molecule has 1 aliphatic heterocycles. The number of rotatable bonds is 6. The van der Waals surface area contributed by atoms with Gasteiger partial charge in [-0.15, -0.1) is 24.0 Å². The smallest absolute Gasteiger partial charge is 0.191 e. The molecule has 136 valence electrons. The molecule has 1 aromatic carbocycles. The summed E-state index contributed by atoms with van der Waals surface area (Å²) in [4.78, 5) is 4.61. The summed E-state index contributed by atoms with van der Waals surface area (Å²) in [7, 11) is 0. The zero-order valence-corrected chi connectivity index (χ0v) is 16.7. The van der Waals surface area contributed by atoms with Crippen molar-refractivity contribution in [3.63, 3.8) is 0 Å². The maximum atomic E-state index is 5.93. The van der Waals surface area contributed by atoms with Gasteiger partial charge in [0.2, 0.25) is 0 Å². The Morgan fingerprint density at radius 1 is 1.16 bits per heavy atom. The minimum Gasteiger partial charge on any atom is -0.486 e. The number of aromatic nitrogens is 1. The van der Waals surface area contributed by atoms with Crippen molar-refractivity contribution in [3.05, 3.63) is 48.8 Å². The molecule has 0 bridgehead atoms. The number of halogens is 1. The minimum absolute atomic E-state index is 0. The highest BCUT2D eigenvalue weighted by Gasteiger charge is 2.20. The third-order valence-corrected chi connectivity index (χ3v) is 3.69. The van der Waals surface area contributed by atoms with Gasteiger partial charge in [0, 0.05) is 32.0 Å². The van der Waals surface area contributed by atoms with Gasteiger partial charge < -0.3 is 24.7 Å². The predicted molar refractivity (Wildman–Crippen MR) is 110 cm³/mol. The summed E-state index contributed by atoms with van der Waals surface area (Å²) < 4.78 is 13.8. The molecule has 0 saturated heterocycles. The number of benzene rings is 1. The number of hydrogen-bond donors (Lipinski definition) is 2. The Bertz CT molecular complexity index is 661. The third kappa shape index (κ3) is 5.84. The lowest BCUT2D eigenvalue weighted by Gasteiger charge is -2.25. The number of nitrogens with one attached hydrogen (secondary N) is 2. The van der Waals surface area contributed by atoms with E-state index in [-0.39, 0.29) is 30.1 Å². The fraction of sp³-hybridized carbons (Fsp3) is 0.389. The van der Waals surface area contributed by atoms with Crippen LogP contribution in [0, 0.1) is 0 Å². The van der Waals surface area contributed by atoms with Crippen LogP contribution in [0.5, 0.6) is 11.5 Å². The highest BCUT2D eigenvalue weighted by atomic mass is 127. The van der Waals surface area contributed by atoms with Gasteiger partial charge in [-0.05, 0) is 31.2 Å². The first kappa shape index (κ1) is 19.4. The van der Waals surface area contributed by atoms with Crippen molar-refractivity contribution in [1.29, 1.82) is 0 Å². The number of guanidine groups is 1. The Morgan fingerprint density at radius 2 is 1.92 bits per heavy atom. The Labute approximate surface area is 165 Å². The van der Waals surface area contributed by atoms with Gasteiger partial charge in [0.15, 0.2) is 23.6 Å². The van der Waals surface area contributed by atoms with E-state index in [1.807, 2.05) is 36.4 Å². The van der Waals surface area contributed by atoms with Crippen LogP contribution in [-0.4, -0.2) is 42.9 Å². The quantitative estimate of drug-likeness (QED) is 0.399. The average Bonchev–Trinajstić information content (AvgIpc) is 3.13. The van der Waals surface area contributed by atoms with Crippen LogP contribution in [0.4, 0.5) is 0 Å². The number of para-hydroxylation sites is 2. The molecule has 3 rings (SSSR count). The first-order valence-corrected chi connectivity index (χ1v) is 8.36. The lowest BCUT2D eigenvalue weighted by atomic mass is 10.2. The molecule has 0 aliphatic carbocycles. The first-order chi connectivity index (χ1) is 11.8. The van der Waals surface area contributed by atoms with E-state index in [1.54, 1.807) is 0 Å². The molecule has 0 saturated carbocycles. The molecule has 1 aromatic heterocycles. The summed E-state index contributed by atoms with van der Waals surface area (Å²) in [5, 5.41) is 6.59. The molecule has 6 nitrogen and oxygen atoms in total. The van der Waals surface area contributed by atoms with E-state index in [9.17, 15) is 0 Å². The van der Waals surface area contributed by atoms with Gasteiger partial charge in [-0.1, -0.05) is 12.1 Å². The van der Waals surface area contributed by atoms with Gasteiger partial charge in [-0.25, -0.2) is 4.99 Å². The molecule has 0 fully saturated rings. The summed E-state index contributed by atoms with van der Waals surface area (Å²) in [6, 6.07) is 11.8. The lowest BCUT2D eigenvalue weighted by molar-refractivity contribution is 0.0971. The highest BCUT2D eigenvalue weighted by molar-refractivity contribution is 14.0. The molecule has 2 aromatic rings. The van der Waals surface area contributed by atoms with Crippen LogP contribution in [0.3, 0.4) is 0 Å². The molecular formula is C18H25IN4O2. The van der Waals surface area contributed by atoms with Crippen LogP contribution < -0.4 is 20.1 Å². The molecule has 1 atom stereocenters. The number of nitrogens with zero attached hydrogens (tertiary/aromatic N) is 2. The molecule has 7 heteroatoms. The monoisotopic (exact) mass is 456 g/mol. The van der Waals surface area contributed by atoms with E-state index < -0.39 is 0 Å². The van der Waals surface area contributed by atoms with Crippen LogP contribution in [0.25, 0.3) is 0 Å². The summed E-state index contributed by atoms with van der Waals surface area (Å²) in [5.41, 5.74) is 0. The second-order valence-corrected chi connectivity index (χ2v) is 5.56. The van der Waals surface area contributed by atoms with Crippen LogP contribution >= 0.6 is 24.0 Å². The van der Waals surface area contributed by atoms with E-state index in [1.165, 1.54) is 0 Å². The lowest BCUT2D eigenvalue weighted by Crippen LogP contribution is -2.40. The maximum Gasteiger partial charge on any atom is 0.191 e. The molecule has 2 heterocycles. The van der Waals surface area contributed by atoms with Crippen molar-refractivity contribution in [2.45, 2.75) is 19.6 Å². The van der Waals surface area contributed by atoms with E-state index in [0.29, 0.717) is 13.2 Å². The molecule has 2 N–H and O–H groups in total. The van der Waals surface area contributed by atoms with Gasteiger partial charge in [0.1, 0.15) is 6.61 Å². The zero-order chi connectivity index (χ0) is 16.6. The Kier molecular flexibility index (Phi) is 7.90. The Hall–Kier alpha value is -1.90. The Morgan fingerprint density at radius 3 is 2.68 bits per heavy atom. The largest absolute Gasteiger partial charge is 0.486 e. The van der Waals surface area contributed by atoms with E-state index in [2.05, 4.69) is 39.5 Å². The van der Waals surface area contributed by atoms with Gasteiger partial charge in [0.05, 0.1) is 6.54 Å². The molecule has 1 aliphatic rings. The first-order valence-electron chi connectivity index (χ1n) is 8.36. The molecule has 0 radical (unpaired) electrons. The van der Waals surface area contributed by atoms with E-state index in [4.69, 9.17) is 9.47 Å². The summed E-state index contributed by atoms with van der Waals surface area (Å²) >= 11 is 0. The van der Waals surface area contributed by atoms with E-state index in [0.717, 1.165) is 37.1 Å². The van der Waals surface area contributed by atoms with Crippen molar-refractivity contribution < 1.29 is 9.47 Å². The maximum absolute atomic E-state index is 5.93. The summed E-state index contributed by atoms with van der Waals surface area (Å²) in [5.74, 6) is 2.39. The topological polar surface area (TPSA) is 59.8 Å². The van der Waals surface area contributed by atoms with Crippen LogP contribution in [0.2, 0.25) is 0 Å². The Balaban J connectivity index is 0.00000225. The molecule has 1 unspecified atom stereocenters. The average molecular weight is 456 g/mol. The van der Waals surface area contributed by atoms with Crippen LogP contribution in [-0.2, 0) is 6.54 Å². The van der Waals surface area contributed by atoms with Gasteiger partial charge in [-0.3, -0.25) is 0 Å². The zero-order valence-electron chi connectivity index (χ0n) is 14.4. The normalized spacial score (nSPS) is 16.0. The molecule has 0 amide bonds. The minimum atomic E-state index is -0.0696. The van der Waals surface area contributed by atoms with E-state index >= 15 is 0 Å². The number of ether oxygens (including phenoxy) is 2. The second-order valence-electron chi connectivity index (χ2n) is 5.56. The van der Waals surface area contributed by atoms with Crippen LogP contribution in [0.1, 0.15) is 6.92 Å². The van der Waals surface area contributed by atoms with Crippen LogP contribution in [0.15, 0.2) is 53.8 Å². The number of hydrogen-bond acceptors (Lipinski definition) is 3. The van der Waals surface area contributed by atoms with Crippen molar-refractivity contribution >= 4 is 29.9 Å². The third-order valence-electron chi connectivity index (χ3n) is 3.69. The number of fused-ring (bicyclic) bond motifs is 1. The summed E-state index contributed by atoms with van der Waals surface area (Å²) in [6.45, 7) is 5.65. The van der Waals surface area contributed by atoms with Crippen molar-refractivity contribution in [2.24, 2.45) is 4.99 Å². The second kappa shape index (κ2) is 10.2. The molecular weight excluding hydrogens is 431 g/mol. The molecule has 25 heavy (non-hydrogen) atoms. The van der Waals surface area contributed by atoms with Gasteiger partial charge in [0.25, 0.3) is 0 Å². The van der Waals surface area contributed by atoms with Crippen molar-refractivity contribution in [1.82, 2.24) is 15.2 Å². The predicted octanol–water partition coefficient (Wildman–Crippen LogP) is 2.50. The fourth-order valence-corrected chi connectivity index (χ4v) is 2.51. The van der Waals surface area contributed by atoms with Gasteiger partial charge >= 0.3 is 0 Å². The highest BCUT2D eigenvalue weighted by Crippen LogP contribution is 2.30. The fourth-order valence-electron chi connectivity index (χ4n) is 2.51. The van der Waals surface area contributed by atoms with Crippen molar-refractivity contribution in [2.75, 3.05) is 26.2 Å². The standard InChI is InChI=1S/C18H24N4O2.HI/c1-2-19-18(20-9-12-22-10-5-6-11-22)21-13-15-14-23-16-7-3-4-8-17(16)24-15;/h3-8,10-11,15H,2,9,12-14H2,1H3,(H2,19,20,21);1H. The SMILES string of the molecule is CCNC(=NCC1COc2ccccc2O1)NCCn1cccc1.I. The molecule has 0 spiro atoms. The van der Waals surface area contributed by atoms with Gasteiger partial charge in [-0.2, -0.15) is 0 Å². The number of aliphatic imine (C=N–C) groups is 1. The van der Waals surface area contributed by atoms with Crippen molar-refractivity contribution in [3.8, 4) is 11.5 Å². The summed E-state index contributed by atoms with van der Waals surface area (Å²) in [6.07, 6.45) is 4.03.